The minimum atomic E-state index is -4.79. The first-order valence-electron chi connectivity index (χ1n) is 15.5. The molecule has 246 valence electrons. The summed E-state index contributed by atoms with van der Waals surface area (Å²) in [7, 11) is -8.99. The van der Waals surface area contributed by atoms with Crippen LogP contribution < -0.4 is 4.74 Å². The van der Waals surface area contributed by atoms with Crippen molar-refractivity contribution in [1.82, 2.24) is 0 Å². The largest absolute Gasteiger partial charge is 0.744 e. The zero-order valence-corrected chi connectivity index (χ0v) is 28.0. The molecule has 0 saturated carbocycles. The van der Waals surface area contributed by atoms with Crippen molar-refractivity contribution in [2.45, 2.75) is 77.8 Å². The topological polar surface area (TPSA) is 153 Å². The van der Waals surface area contributed by atoms with Gasteiger partial charge in [0.1, 0.15) is 33.3 Å². The second-order valence-corrected chi connectivity index (χ2v) is 17.8. The Bertz CT molecular complexity index is 2030. The molecule has 13 heteroatoms. The maximum Gasteiger partial charge on any atom is 0.317 e. The van der Waals surface area contributed by atoms with E-state index >= 15 is 0 Å². The van der Waals surface area contributed by atoms with Crippen LogP contribution in [0.2, 0.25) is 0 Å². The Hall–Kier alpha value is -3.23. The van der Waals surface area contributed by atoms with E-state index in [2.05, 4.69) is 12.1 Å². The van der Waals surface area contributed by atoms with Crippen molar-refractivity contribution in [3.8, 4) is 5.75 Å². The second-order valence-electron chi connectivity index (χ2n) is 13.3. The average molecular weight is 696 g/mol. The van der Waals surface area contributed by atoms with Gasteiger partial charge in [0.15, 0.2) is 0 Å². The lowest BCUT2D eigenvalue weighted by molar-refractivity contribution is -0.162. The molecule has 3 aliphatic heterocycles. The van der Waals surface area contributed by atoms with Crippen molar-refractivity contribution < 1.29 is 44.6 Å². The molecule has 6 aliphatic rings. The molecule has 3 aliphatic carbocycles. The molecular weight excluding hydrogens is 665 g/mol. The van der Waals surface area contributed by atoms with E-state index in [9.17, 15) is 31.0 Å². The van der Waals surface area contributed by atoms with Crippen LogP contribution in [0, 0.1) is 18.8 Å². The molecule has 7 atom stereocenters. The summed E-state index contributed by atoms with van der Waals surface area (Å²) in [6.07, 6.45) is -1.35. The van der Waals surface area contributed by atoms with Gasteiger partial charge in [-0.3, -0.25) is 13.8 Å². The molecule has 3 heterocycles. The van der Waals surface area contributed by atoms with Crippen molar-refractivity contribution in [3.63, 3.8) is 0 Å². The van der Waals surface area contributed by atoms with Gasteiger partial charge in [0.05, 0.1) is 27.2 Å². The monoisotopic (exact) mass is 695 g/mol. The van der Waals surface area contributed by atoms with Gasteiger partial charge in [-0.2, -0.15) is 8.42 Å². The van der Waals surface area contributed by atoms with Crippen molar-refractivity contribution in [1.29, 1.82) is 0 Å². The van der Waals surface area contributed by atoms with E-state index in [0.29, 0.717) is 6.42 Å². The predicted octanol–water partition coefficient (Wildman–Crippen LogP) is 4.35. The summed E-state index contributed by atoms with van der Waals surface area (Å²) in [5.41, 5.74) is 4.98. The number of carbonyl (C=O) groups excluding carboxylic acids is 2. The summed E-state index contributed by atoms with van der Waals surface area (Å²) >= 11 is 1.26. The Labute approximate surface area is 277 Å². The molecular formula is C34H31O10S3-. The number of ether oxygens (including phenoxy) is 2. The van der Waals surface area contributed by atoms with E-state index in [1.165, 1.54) is 41.9 Å². The van der Waals surface area contributed by atoms with Crippen molar-refractivity contribution in [2.24, 2.45) is 11.8 Å². The van der Waals surface area contributed by atoms with Crippen molar-refractivity contribution >= 4 is 43.9 Å². The molecule has 0 N–H and O–H groups in total. The summed E-state index contributed by atoms with van der Waals surface area (Å²) in [6.45, 7) is 4.91. The number of thioether (sulfide) groups is 1. The smallest absolute Gasteiger partial charge is 0.317 e. The zero-order chi connectivity index (χ0) is 33.2. The van der Waals surface area contributed by atoms with Crippen LogP contribution in [0.1, 0.15) is 71.4 Å². The van der Waals surface area contributed by atoms with Crippen LogP contribution in [0.3, 0.4) is 0 Å². The van der Waals surface area contributed by atoms with Gasteiger partial charge in [0.25, 0.3) is 10.1 Å². The number of rotatable bonds is 6. The number of hydrogen-bond acceptors (Lipinski definition) is 11. The van der Waals surface area contributed by atoms with Gasteiger partial charge >= 0.3 is 11.9 Å². The number of fused-ring (bicyclic) bond motifs is 2. The minimum absolute atomic E-state index is 0.0239. The number of esters is 2. The lowest BCUT2D eigenvalue weighted by atomic mass is 9.59. The molecule has 0 radical (unpaired) electrons. The quantitative estimate of drug-likeness (QED) is 0.157. The molecule has 0 amide bonds. The van der Waals surface area contributed by atoms with Crippen LogP contribution in [0.25, 0.3) is 0 Å². The molecule has 3 fully saturated rings. The average Bonchev–Trinajstić information content (AvgIpc) is 3.64. The summed E-state index contributed by atoms with van der Waals surface area (Å²) in [4.78, 5) is 27.5. The summed E-state index contributed by atoms with van der Waals surface area (Å²) in [5.74, 6) is -3.54. The number of hydrogen-bond donors (Lipinski definition) is 0. The van der Waals surface area contributed by atoms with E-state index in [1.807, 2.05) is 36.4 Å². The van der Waals surface area contributed by atoms with Crippen LogP contribution in [0.15, 0.2) is 65.6 Å². The van der Waals surface area contributed by atoms with Crippen LogP contribution in [-0.2, 0) is 38.7 Å². The maximum absolute atomic E-state index is 14.1. The van der Waals surface area contributed by atoms with Crippen LogP contribution in [0.4, 0.5) is 0 Å². The van der Waals surface area contributed by atoms with Gasteiger partial charge in [-0.25, -0.2) is 8.42 Å². The van der Waals surface area contributed by atoms with E-state index in [0.717, 1.165) is 11.1 Å². The standard InChI is InChI=1S/C34H32O10S3/c1-15(2)21-14-24(16(3)12-25(21)46(37,38)39)42-34(36)27-30-28(29-31(45-30)32(27)47(40,41)44-29)43-33(35)23-13-22-17-8-4-6-10-19(17)26(23)20-11-7-5-9-18(20)22/h4-12,14-15,22-23,26-32H,13H2,1-3H3,(H,37,38,39)/p-1. The summed E-state index contributed by atoms with van der Waals surface area (Å²) in [5, 5.41) is -2.53. The zero-order valence-electron chi connectivity index (χ0n) is 25.6. The first kappa shape index (κ1) is 31.1. The second kappa shape index (κ2) is 10.6. The van der Waals surface area contributed by atoms with Gasteiger partial charge in [0.2, 0.25) is 0 Å². The molecule has 9 rings (SSSR count). The molecule has 3 saturated heterocycles. The maximum atomic E-state index is 14.1. The third-order valence-electron chi connectivity index (χ3n) is 10.4. The molecule has 10 nitrogen and oxygen atoms in total. The Morgan fingerprint density at radius 3 is 2.17 bits per heavy atom. The highest BCUT2D eigenvalue weighted by atomic mass is 32.2. The van der Waals surface area contributed by atoms with Crippen LogP contribution in [-0.4, -0.2) is 61.3 Å². The fourth-order valence-electron chi connectivity index (χ4n) is 8.45. The fourth-order valence-corrected chi connectivity index (χ4v) is 13.8. The van der Waals surface area contributed by atoms with E-state index in [4.69, 9.17) is 13.7 Å². The lowest BCUT2D eigenvalue weighted by Gasteiger charge is -2.44. The van der Waals surface area contributed by atoms with Gasteiger partial charge in [-0.05, 0) is 64.8 Å². The van der Waals surface area contributed by atoms with Gasteiger partial charge in [-0.1, -0.05) is 62.4 Å². The van der Waals surface area contributed by atoms with Crippen LogP contribution >= 0.6 is 11.8 Å². The van der Waals surface area contributed by atoms with Gasteiger partial charge in [0, 0.05) is 11.8 Å². The van der Waals surface area contributed by atoms with Crippen molar-refractivity contribution in [3.05, 3.63) is 94.0 Å². The highest BCUT2D eigenvalue weighted by Gasteiger charge is 2.73. The SMILES string of the molecule is Cc1cc(S(=O)(=O)[O-])c(C(C)C)cc1OC(=O)C1C2SC3C(OS(=O)(=O)C31)C2OC(=O)C1CC2c3ccccc3C1c1ccccc12. The molecule has 4 bridgehead atoms. The number of carbonyl (C=O) groups is 2. The Balaban J connectivity index is 1.09. The Morgan fingerprint density at radius 2 is 1.57 bits per heavy atom. The molecule has 3 aromatic rings. The Kier molecular flexibility index (Phi) is 7.03. The molecule has 47 heavy (non-hydrogen) atoms. The molecule has 0 spiro atoms. The van der Waals surface area contributed by atoms with E-state index < -0.39 is 76.9 Å². The van der Waals surface area contributed by atoms with E-state index in [1.54, 1.807) is 13.8 Å². The van der Waals surface area contributed by atoms with E-state index in [-0.39, 0.29) is 34.6 Å². The molecule has 3 aromatic carbocycles. The fraction of sp³-hybridized carbons (Fsp3) is 0.412. The highest BCUT2D eigenvalue weighted by molar-refractivity contribution is 8.03. The normalized spacial score (nSPS) is 32.2. The van der Waals surface area contributed by atoms with Crippen LogP contribution in [0.5, 0.6) is 5.75 Å². The minimum Gasteiger partial charge on any atom is -0.744 e. The summed E-state index contributed by atoms with van der Waals surface area (Å²) < 4.78 is 79.7. The molecule has 7 unspecified atom stereocenters. The third-order valence-corrected chi connectivity index (χ3v) is 15.0. The first-order valence-corrected chi connectivity index (χ1v) is 19.4. The highest BCUT2D eigenvalue weighted by Crippen LogP contribution is 2.60. The van der Waals surface area contributed by atoms with Gasteiger partial charge in [-0.15, -0.1) is 11.8 Å². The summed E-state index contributed by atoms with van der Waals surface area (Å²) in [6, 6.07) is 18.7. The Morgan fingerprint density at radius 1 is 0.957 bits per heavy atom. The molecule has 0 aromatic heterocycles. The first-order chi connectivity index (χ1) is 22.3. The predicted molar refractivity (Wildman–Crippen MR) is 170 cm³/mol. The van der Waals surface area contributed by atoms with Crippen molar-refractivity contribution in [2.75, 3.05) is 0 Å². The number of aryl methyl sites for hydroxylation is 1. The van der Waals surface area contributed by atoms with Gasteiger partial charge < -0.3 is 14.0 Å². The number of benzene rings is 3. The lowest BCUT2D eigenvalue weighted by Crippen LogP contribution is -2.51. The third kappa shape index (κ3) is 4.64.